The minimum atomic E-state index is -0.202. The van der Waals surface area contributed by atoms with Gasteiger partial charge in [0.2, 0.25) is 0 Å². The van der Waals surface area contributed by atoms with Crippen LogP contribution in [-0.4, -0.2) is 17.6 Å². The maximum atomic E-state index is 12.2. The largest absolute Gasteiger partial charge is 0.506 e. The summed E-state index contributed by atoms with van der Waals surface area (Å²) in [5.41, 5.74) is 1.27. The fourth-order valence-electron chi connectivity index (χ4n) is 2.41. The Morgan fingerprint density at radius 3 is 2.55 bits per heavy atom. The molecule has 3 aromatic rings. The van der Waals surface area contributed by atoms with Crippen LogP contribution in [0.5, 0.6) is 5.75 Å². The topological polar surface area (TPSA) is 49.3 Å². The molecule has 0 fully saturated rings. The number of carbonyl (C=O) groups excluding carboxylic acids is 1. The van der Waals surface area contributed by atoms with Crippen LogP contribution in [0.1, 0.15) is 21.7 Å². The maximum Gasteiger partial charge on any atom is 0.265 e. The zero-order valence-corrected chi connectivity index (χ0v) is 12.9. The van der Waals surface area contributed by atoms with E-state index in [1.165, 1.54) is 16.9 Å². The predicted octanol–water partition coefficient (Wildman–Crippen LogP) is 3.97. The molecule has 0 aliphatic carbocycles. The molecule has 0 unspecified atom stereocenters. The second-order valence-corrected chi connectivity index (χ2v) is 6.17. The highest BCUT2D eigenvalue weighted by atomic mass is 32.1. The number of aromatic hydroxyl groups is 1. The van der Waals surface area contributed by atoms with Crippen LogP contribution >= 0.6 is 11.3 Å². The number of thiophene rings is 1. The minimum absolute atomic E-state index is 0.0844. The quantitative estimate of drug-likeness (QED) is 0.700. The van der Waals surface area contributed by atoms with Gasteiger partial charge in [0.25, 0.3) is 5.91 Å². The van der Waals surface area contributed by atoms with E-state index in [1.54, 1.807) is 0 Å². The molecule has 3 rings (SSSR count). The Balaban J connectivity index is 1.58. The second-order valence-electron chi connectivity index (χ2n) is 5.12. The van der Waals surface area contributed by atoms with Crippen molar-refractivity contribution >= 4 is 27.3 Å². The van der Waals surface area contributed by atoms with Crippen LogP contribution in [-0.2, 0) is 6.42 Å². The summed E-state index contributed by atoms with van der Waals surface area (Å²) in [5.74, 6) is -0.118. The van der Waals surface area contributed by atoms with Crippen molar-refractivity contribution in [1.82, 2.24) is 5.32 Å². The van der Waals surface area contributed by atoms with E-state index >= 15 is 0 Å². The van der Waals surface area contributed by atoms with Crippen molar-refractivity contribution in [1.29, 1.82) is 0 Å². The van der Waals surface area contributed by atoms with Crippen LogP contribution in [0.15, 0.2) is 54.6 Å². The number of rotatable bonds is 5. The molecule has 0 aliphatic heterocycles. The third kappa shape index (κ3) is 3.12. The van der Waals surface area contributed by atoms with Gasteiger partial charge in [-0.05, 0) is 30.5 Å². The number of aryl methyl sites for hydroxylation is 1. The molecule has 0 bridgehead atoms. The predicted molar refractivity (Wildman–Crippen MR) is 90.6 cm³/mol. The molecule has 2 N–H and O–H groups in total. The standard InChI is InChI=1S/C18H17NO2S/c20-16-14-10-4-5-11-15(14)22-17(16)18(21)19-12-6-9-13-7-2-1-3-8-13/h1-5,7-8,10-11,20H,6,9,12H2,(H,19,21). The number of fused-ring (bicyclic) bond motifs is 1. The van der Waals surface area contributed by atoms with Gasteiger partial charge in [0.05, 0.1) is 0 Å². The minimum Gasteiger partial charge on any atom is -0.506 e. The summed E-state index contributed by atoms with van der Waals surface area (Å²) in [4.78, 5) is 12.6. The summed E-state index contributed by atoms with van der Waals surface area (Å²) in [7, 11) is 0. The average Bonchev–Trinajstić information content (AvgIpc) is 2.90. The molecular formula is C18H17NO2S. The van der Waals surface area contributed by atoms with E-state index in [1.807, 2.05) is 42.5 Å². The molecule has 0 atom stereocenters. The highest BCUT2D eigenvalue weighted by Crippen LogP contribution is 2.36. The van der Waals surface area contributed by atoms with E-state index in [0.29, 0.717) is 11.4 Å². The molecule has 0 aliphatic rings. The van der Waals surface area contributed by atoms with Crippen LogP contribution in [0.2, 0.25) is 0 Å². The summed E-state index contributed by atoms with van der Waals surface area (Å²) in [6.07, 6.45) is 1.81. The molecule has 2 aromatic carbocycles. The fraction of sp³-hybridized carbons (Fsp3) is 0.167. The lowest BCUT2D eigenvalue weighted by molar-refractivity contribution is 0.0955. The van der Waals surface area contributed by atoms with Crippen molar-refractivity contribution in [2.75, 3.05) is 6.54 Å². The highest BCUT2D eigenvalue weighted by molar-refractivity contribution is 7.21. The SMILES string of the molecule is O=C(NCCCc1ccccc1)c1sc2ccccc2c1O. The van der Waals surface area contributed by atoms with E-state index < -0.39 is 0 Å². The van der Waals surface area contributed by atoms with Gasteiger partial charge >= 0.3 is 0 Å². The molecule has 0 radical (unpaired) electrons. The van der Waals surface area contributed by atoms with Crippen molar-refractivity contribution in [2.24, 2.45) is 0 Å². The molecule has 4 heteroatoms. The first-order chi connectivity index (χ1) is 10.8. The maximum absolute atomic E-state index is 12.2. The molecule has 22 heavy (non-hydrogen) atoms. The van der Waals surface area contributed by atoms with Crippen LogP contribution in [0.4, 0.5) is 0 Å². The van der Waals surface area contributed by atoms with Gasteiger partial charge in [0.15, 0.2) is 0 Å². The first-order valence-electron chi connectivity index (χ1n) is 7.28. The van der Waals surface area contributed by atoms with Crippen molar-refractivity contribution in [2.45, 2.75) is 12.8 Å². The Bertz CT molecular complexity index is 780. The number of amides is 1. The van der Waals surface area contributed by atoms with Gasteiger partial charge in [0, 0.05) is 16.6 Å². The molecule has 112 valence electrons. The van der Waals surface area contributed by atoms with E-state index in [0.717, 1.165) is 22.9 Å². The van der Waals surface area contributed by atoms with Gasteiger partial charge in [-0.15, -0.1) is 11.3 Å². The lowest BCUT2D eigenvalue weighted by Crippen LogP contribution is -2.23. The van der Waals surface area contributed by atoms with Gasteiger partial charge in [0.1, 0.15) is 10.6 Å². The summed E-state index contributed by atoms with van der Waals surface area (Å²) in [6.45, 7) is 0.599. The molecule has 3 nitrogen and oxygen atoms in total. The van der Waals surface area contributed by atoms with E-state index in [2.05, 4.69) is 17.4 Å². The third-order valence-corrected chi connectivity index (χ3v) is 4.70. The fourth-order valence-corrected chi connectivity index (χ4v) is 3.42. The molecule has 1 heterocycles. The monoisotopic (exact) mass is 311 g/mol. The summed E-state index contributed by atoms with van der Waals surface area (Å²) >= 11 is 1.32. The highest BCUT2D eigenvalue weighted by Gasteiger charge is 2.16. The molecule has 1 amide bonds. The van der Waals surface area contributed by atoms with E-state index in [9.17, 15) is 9.90 Å². The average molecular weight is 311 g/mol. The molecule has 0 spiro atoms. The lowest BCUT2D eigenvalue weighted by Gasteiger charge is -2.04. The molecular weight excluding hydrogens is 294 g/mol. The first kappa shape index (κ1) is 14.6. The Morgan fingerprint density at radius 2 is 1.77 bits per heavy atom. The van der Waals surface area contributed by atoms with Crippen LogP contribution in [0.3, 0.4) is 0 Å². The molecule has 0 saturated heterocycles. The van der Waals surface area contributed by atoms with Crippen LogP contribution in [0, 0.1) is 0 Å². The van der Waals surface area contributed by atoms with Gasteiger partial charge in [-0.25, -0.2) is 0 Å². The Kier molecular flexibility index (Phi) is 4.39. The van der Waals surface area contributed by atoms with Crippen molar-refractivity contribution < 1.29 is 9.90 Å². The van der Waals surface area contributed by atoms with Crippen molar-refractivity contribution in [3.05, 3.63) is 65.0 Å². The Labute approximate surface area is 133 Å². The first-order valence-corrected chi connectivity index (χ1v) is 8.10. The second kappa shape index (κ2) is 6.62. The normalized spacial score (nSPS) is 10.7. The number of carbonyl (C=O) groups is 1. The van der Waals surface area contributed by atoms with Crippen molar-refractivity contribution in [3.8, 4) is 5.75 Å². The van der Waals surface area contributed by atoms with Gasteiger partial charge in [-0.2, -0.15) is 0 Å². The zero-order valence-electron chi connectivity index (χ0n) is 12.1. The zero-order chi connectivity index (χ0) is 15.4. The summed E-state index contributed by atoms with van der Waals surface area (Å²) in [5, 5.41) is 13.8. The number of nitrogens with one attached hydrogen (secondary N) is 1. The Morgan fingerprint density at radius 1 is 1.05 bits per heavy atom. The third-order valence-electron chi connectivity index (χ3n) is 3.55. The summed E-state index contributed by atoms with van der Waals surface area (Å²) in [6, 6.07) is 17.7. The van der Waals surface area contributed by atoms with E-state index in [4.69, 9.17) is 0 Å². The van der Waals surface area contributed by atoms with Gasteiger partial charge in [-0.1, -0.05) is 42.5 Å². The number of hydrogen-bond acceptors (Lipinski definition) is 3. The Hall–Kier alpha value is -2.33. The van der Waals surface area contributed by atoms with Crippen LogP contribution in [0.25, 0.3) is 10.1 Å². The van der Waals surface area contributed by atoms with Gasteiger partial charge in [-0.3, -0.25) is 4.79 Å². The van der Waals surface area contributed by atoms with E-state index in [-0.39, 0.29) is 11.7 Å². The number of hydrogen-bond donors (Lipinski definition) is 2. The smallest absolute Gasteiger partial charge is 0.265 e. The number of benzene rings is 2. The lowest BCUT2D eigenvalue weighted by atomic mass is 10.1. The molecule has 1 aromatic heterocycles. The molecule has 0 saturated carbocycles. The van der Waals surface area contributed by atoms with Crippen molar-refractivity contribution in [3.63, 3.8) is 0 Å². The summed E-state index contributed by atoms with van der Waals surface area (Å²) < 4.78 is 0.925. The van der Waals surface area contributed by atoms with Crippen LogP contribution < -0.4 is 5.32 Å². The van der Waals surface area contributed by atoms with Gasteiger partial charge < -0.3 is 10.4 Å².